The molecule has 0 rings (SSSR count). The topological polar surface area (TPSA) is 54.4 Å². The van der Waals surface area contributed by atoms with Gasteiger partial charge >= 0.3 is 9.74 Å². The van der Waals surface area contributed by atoms with Gasteiger partial charge < -0.3 is 12.4 Å². The van der Waals surface area contributed by atoms with Crippen molar-refractivity contribution in [1.29, 1.82) is 0 Å². The van der Waals surface area contributed by atoms with Crippen molar-refractivity contribution in [2.45, 2.75) is 20.8 Å². The highest BCUT2D eigenvalue weighted by molar-refractivity contribution is 8.54. The van der Waals surface area contributed by atoms with Crippen LogP contribution in [0.4, 0.5) is 0 Å². The van der Waals surface area contributed by atoms with Gasteiger partial charge in [-0.05, 0) is 20.8 Å². The average Bonchev–Trinajstić information content (AvgIpc) is 1.90. The molecule has 0 amide bonds. The Morgan fingerprint density at radius 2 is 1.33 bits per heavy atom. The first-order valence-corrected chi connectivity index (χ1v) is 8.16. The summed E-state index contributed by atoms with van der Waals surface area (Å²) in [5.41, 5.74) is 0. The third-order valence-electron chi connectivity index (χ3n) is 2.22. The summed E-state index contributed by atoms with van der Waals surface area (Å²) in [5, 5.41) is 0. The Balaban J connectivity index is 0. The van der Waals surface area contributed by atoms with Gasteiger partial charge in [-0.3, -0.25) is 4.55 Å². The van der Waals surface area contributed by atoms with Gasteiger partial charge in [0.2, 0.25) is 0 Å². The van der Waals surface area contributed by atoms with E-state index < -0.39 is 16.2 Å². The molecule has 0 heterocycles. The highest BCUT2D eigenvalue weighted by Gasteiger charge is 2.45. The van der Waals surface area contributed by atoms with Crippen molar-refractivity contribution in [2.75, 3.05) is 18.5 Å². The van der Waals surface area contributed by atoms with Crippen LogP contribution in [0.5, 0.6) is 0 Å². The molecule has 0 radical (unpaired) electrons. The van der Waals surface area contributed by atoms with Crippen LogP contribution in [0.25, 0.3) is 0 Å². The Hall–Kier alpha value is 0.630. The minimum atomic E-state index is -3.77. The molecule has 0 saturated heterocycles. The van der Waals surface area contributed by atoms with Crippen LogP contribution in [0.2, 0.25) is 0 Å². The molecule has 1 N–H and O–H groups in total. The first-order chi connectivity index (χ1) is 4.93. The molecular weight excluding hydrogens is 219 g/mol. The molecule has 0 spiro atoms. The molecule has 76 valence electrons. The van der Waals surface area contributed by atoms with Crippen LogP contribution >= 0.6 is 6.46 Å². The highest BCUT2D eigenvalue weighted by Crippen LogP contribution is 2.62. The maximum Gasteiger partial charge on any atom is 0.380 e. The van der Waals surface area contributed by atoms with Crippen molar-refractivity contribution >= 4 is 16.2 Å². The quantitative estimate of drug-likeness (QED) is 0.495. The van der Waals surface area contributed by atoms with Crippen LogP contribution < -0.4 is 12.4 Å². The zero-order valence-corrected chi connectivity index (χ0v) is 10.1. The first-order valence-electron chi connectivity index (χ1n) is 3.77. The second kappa shape index (κ2) is 5.38. The molecule has 0 aliphatic rings. The first kappa shape index (κ1) is 15.1. The summed E-state index contributed by atoms with van der Waals surface area (Å²) < 4.78 is 30.9. The van der Waals surface area contributed by atoms with Crippen molar-refractivity contribution in [3.63, 3.8) is 0 Å². The maximum atomic E-state index is 11.0. The molecule has 0 aromatic rings. The van der Waals surface area contributed by atoms with Crippen LogP contribution in [-0.2, 0) is 9.74 Å². The lowest BCUT2D eigenvalue weighted by Crippen LogP contribution is -3.00. The fourth-order valence-electron chi connectivity index (χ4n) is 1.16. The lowest BCUT2D eigenvalue weighted by Gasteiger charge is -2.17. The molecule has 12 heavy (non-hydrogen) atoms. The molecule has 0 saturated carbocycles. The van der Waals surface area contributed by atoms with Crippen LogP contribution in [-0.4, -0.2) is 31.5 Å². The molecule has 3 nitrogen and oxygen atoms in total. The summed E-state index contributed by atoms with van der Waals surface area (Å²) in [6.45, 7) is 3.39. The predicted molar refractivity (Wildman–Crippen MR) is 50.1 cm³/mol. The van der Waals surface area contributed by atoms with Crippen molar-refractivity contribution in [3.05, 3.63) is 0 Å². The van der Waals surface area contributed by atoms with E-state index in [1.54, 1.807) is 0 Å². The Morgan fingerprint density at radius 1 is 1.08 bits per heavy atom. The zero-order valence-electron chi connectivity index (χ0n) is 7.62. The Kier molecular flexibility index (Phi) is 6.78. The van der Waals surface area contributed by atoms with E-state index >= 15 is 0 Å². The minimum Gasteiger partial charge on any atom is -1.00 e. The maximum absolute atomic E-state index is 11.0. The van der Waals surface area contributed by atoms with E-state index in [4.69, 9.17) is 4.55 Å². The van der Waals surface area contributed by atoms with Crippen LogP contribution in [0, 0.1) is 0 Å². The van der Waals surface area contributed by atoms with E-state index in [-0.39, 0.29) is 12.4 Å². The second-order valence-electron chi connectivity index (χ2n) is 2.45. The third-order valence-corrected chi connectivity index (χ3v) is 11.9. The highest BCUT2D eigenvalue weighted by atomic mass is 35.5. The van der Waals surface area contributed by atoms with Gasteiger partial charge in [-0.1, -0.05) is 0 Å². The lowest BCUT2D eigenvalue weighted by molar-refractivity contribution is -0.00000634. The van der Waals surface area contributed by atoms with Gasteiger partial charge in [-0.2, -0.15) is 8.42 Å². The van der Waals surface area contributed by atoms with Gasteiger partial charge in [0.25, 0.3) is 0 Å². The van der Waals surface area contributed by atoms with Gasteiger partial charge in [-0.15, -0.1) is 0 Å². The minimum absolute atomic E-state index is 0. The summed E-state index contributed by atoms with van der Waals surface area (Å²) in [6, 6.07) is 0. The molecule has 0 aliphatic carbocycles. The van der Waals surface area contributed by atoms with Crippen molar-refractivity contribution in [3.8, 4) is 0 Å². The lowest BCUT2D eigenvalue weighted by atomic mass is 10.9. The van der Waals surface area contributed by atoms with E-state index in [2.05, 4.69) is 0 Å². The Bertz CT molecular complexity index is 203. The molecule has 0 atom stereocenters. The van der Waals surface area contributed by atoms with Crippen molar-refractivity contribution in [1.82, 2.24) is 0 Å². The van der Waals surface area contributed by atoms with Crippen LogP contribution in [0.1, 0.15) is 20.8 Å². The van der Waals surface area contributed by atoms with E-state index in [9.17, 15) is 8.42 Å². The fourth-order valence-corrected chi connectivity index (χ4v) is 6.42. The van der Waals surface area contributed by atoms with Gasteiger partial charge in [0, 0.05) is 0 Å². The fraction of sp³-hybridized carbons (Fsp3) is 1.00. The monoisotopic (exact) mass is 234 g/mol. The Morgan fingerprint density at radius 3 is 1.33 bits per heavy atom. The standard InChI is InChI=1S/C6H15O3PS.ClH/c1-4-10(5-2,6-3)11(7,8)9;/h4-6H2,1-3H3;1H. The Labute approximate surface area is 81.2 Å². The predicted octanol–water partition coefficient (Wildman–Crippen LogP) is -1.13. The van der Waals surface area contributed by atoms with Gasteiger partial charge in [0.15, 0.2) is 6.46 Å². The summed E-state index contributed by atoms with van der Waals surface area (Å²) in [4.78, 5) is 0. The van der Waals surface area contributed by atoms with Crippen molar-refractivity contribution in [2.24, 2.45) is 0 Å². The summed E-state index contributed by atoms with van der Waals surface area (Å²) in [6.07, 6.45) is 1.75. The van der Waals surface area contributed by atoms with E-state index in [1.165, 1.54) is 0 Å². The van der Waals surface area contributed by atoms with Gasteiger partial charge in [0.05, 0.1) is 18.5 Å². The smallest absolute Gasteiger partial charge is 0.380 e. The SMILES string of the molecule is CC[P+](CC)(CC)S(=O)(=O)O.[Cl-]. The molecule has 0 aromatic heterocycles. The van der Waals surface area contributed by atoms with Gasteiger partial charge in [-0.25, -0.2) is 0 Å². The normalized spacial score (nSPS) is 12.3. The number of hydrogen-bond acceptors (Lipinski definition) is 2. The third kappa shape index (κ3) is 2.84. The number of halogens is 1. The van der Waals surface area contributed by atoms with E-state index in [0.717, 1.165) is 0 Å². The van der Waals surface area contributed by atoms with Crippen molar-refractivity contribution < 1.29 is 25.4 Å². The van der Waals surface area contributed by atoms with Crippen LogP contribution in [0.15, 0.2) is 0 Å². The van der Waals surface area contributed by atoms with Gasteiger partial charge in [0.1, 0.15) is 0 Å². The van der Waals surface area contributed by atoms with E-state index in [0.29, 0.717) is 18.5 Å². The summed E-state index contributed by atoms with van der Waals surface area (Å²) in [7, 11) is -3.77. The molecule has 0 aliphatic heterocycles. The molecule has 6 heteroatoms. The second-order valence-corrected chi connectivity index (χ2v) is 11.1. The molecule has 0 fully saturated rings. The molecule has 0 unspecified atom stereocenters. The van der Waals surface area contributed by atoms with Crippen LogP contribution in [0.3, 0.4) is 0 Å². The molecule has 0 aromatic carbocycles. The largest absolute Gasteiger partial charge is 1.00 e. The number of rotatable bonds is 4. The van der Waals surface area contributed by atoms with E-state index in [1.807, 2.05) is 20.8 Å². The summed E-state index contributed by atoms with van der Waals surface area (Å²) >= 11 is 0. The average molecular weight is 235 g/mol. The molecular formula is C6H16ClO3PS. The summed E-state index contributed by atoms with van der Waals surface area (Å²) in [5.74, 6) is 0. The number of hydrogen-bond donors (Lipinski definition) is 1. The zero-order chi connectivity index (χ0) is 9.12. The molecule has 0 bridgehead atoms.